The number of piperazine rings is 1. The molecule has 1 fully saturated rings. The number of benzene rings is 2. The second-order valence-corrected chi connectivity index (χ2v) is 8.18. The van der Waals surface area contributed by atoms with Crippen LogP contribution in [0.15, 0.2) is 83.1 Å². The number of carbonyl (C=O) groups excluding carboxylic acids is 2. The van der Waals surface area contributed by atoms with Gasteiger partial charge in [0.15, 0.2) is 0 Å². The molecule has 2 aliphatic rings. The van der Waals surface area contributed by atoms with Gasteiger partial charge in [-0.2, -0.15) is 0 Å². The van der Waals surface area contributed by atoms with E-state index in [4.69, 9.17) is 4.42 Å². The Bertz CT molecular complexity index is 1160. The fraction of sp³-hybridized carbons (Fsp3) is 0.231. The van der Waals surface area contributed by atoms with Gasteiger partial charge in [0.25, 0.3) is 11.8 Å². The highest BCUT2D eigenvalue weighted by Crippen LogP contribution is 2.33. The van der Waals surface area contributed by atoms with Crippen LogP contribution in [0, 0.1) is 6.92 Å². The molecule has 162 valence electrons. The second kappa shape index (κ2) is 8.38. The van der Waals surface area contributed by atoms with E-state index in [2.05, 4.69) is 41.0 Å². The van der Waals surface area contributed by atoms with Crippen molar-refractivity contribution in [3.8, 4) is 0 Å². The molecule has 0 atom stereocenters. The number of hydrogen-bond donors (Lipinski definition) is 0. The molecule has 0 aliphatic carbocycles. The van der Waals surface area contributed by atoms with Gasteiger partial charge in [0.1, 0.15) is 11.5 Å². The van der Waals surface area contributed by atoms with Crippen molar-refractivity contribution >= 4 is 23.1 Å². The van der Waals surface area contributed by atoms with Crippen molar-refractivity contribution in [1.82, 2.24) is 9.80 Å². The maximum absolute atomic E-state index is 13.5. The molecule has 0 radical (unpaired) electrons. The molecule has 0 N–H and O–H groups in total. The van der Waals surface area contributed by atoms with Gasteiger partial charge < -0.3 is 14.2 Å². The van der Waals surface area contributed by atoms with E-state index in [1.807, 2.05) is 30.3 Å². The van der Waals surface area contributed by atoms with Crippen LogP contribution < -0.4 is 4.90 Å². The zero-order valence-electron chi connectivity index (χ0n) is 18.0. The molecule has 0 unspecified atom stereocenters. The number of imide groups is 1. The van der Waals surface area contributed by atoms with E-state index in [1.54, 1.807) is 18.4 Å². The minimum atomic E-state index is -0.270. The summed E-state index contributed by atoms with van der Waals surface area (Å²) in [5.74, 6) is 0.0626. The quantitative estimate of drug-likeness (QED) is 0.582. The summed E-state index contributed by atoms with van der Waals surface area (Å²) in [6.07, 6.45) is 1.55. The van der Waals surface area contributed by atoms with Crippen LogP contribution in [0.3, 0.4) is 0 Å². The number of nitrogens with zero attached hydrogens (tertiary/aromatic N) is 3. The number of hydrogen-bond acceptors (Lipinski definition) is 5. The lowest BCUT2D eigenvalue weighted by Gasteiger charge is -2.37. The van der Waals surface area contributed by atoms with E-state index < -0.39 is 0 Å². The van der Waals surface area contributed by atoms with E-state index in [1.165, 1.54) is 16.2 Å². The molecule has 3 aromatic rings. The molecular weight excluding hydrogens is 402 g/mol. The van der Waals surface area contributed by atoms with Gasteiger partial charge in [-0.1, -0.05) is 42.5 Å². The fourth-order valence-corrected chi connectivity index (χ4v) is 4.44. The highest BCUT2D eigenvalue weighted by Gasteiger charge is 2.42. The summed E-state index contributed by atoms with van der Waals surface area (Å²) in [4.78, 5) is 32.5. The van der Waals surface area contributed by atoms with Crippen molar-refractivity contribution in [2.75, 3.05) is 31.1 Å². The standard InChI is InChI=1S/C26H25N3O3/c1-19-7-5-10-21(17-19)27-12-14-28(15-13-27)24-23(20-8-3-2-4-9-20)25(30)29(26(24)31)18-22-11-6-16-32-22/h2-11,16-17H,12-15,18H2,1H3. The van der Waals surface area contributed by atoms with Crippen molar-refractivity contribution in [1.29, 1.82) is 0 Å². The Kier molecular flexibility index (Phi) is 5.27. The van der Waals surface area contributed by atoms with Crippen molar-refractivity contribution in [2.45, 2.75) is 13.5 Å². The summed E-state index contributed by atoms with van der Waals surface area (Å²) in [5.41, 5.74) is 4.16. The smallest absolute Gasteiger partial charge is 0.278 e. The highest BCUT2D eigenvalue weighted by atomic mass is 16.3. The summed E-state index contributed by atoms with van der Waals surface area (Å²) in [7, 11) is 0. The monoisotopic (exact) mass is 427 g/mol. The Morgan fingerprint density at radius 1 is 0.812 bits per heavy atom. The van der Waals surface area contributed by atoms with Crippen LogP contribution in [-0.4, -0.2) is 47.8 Å². The molecule has 2 aromatic carbocycles. The zero-order chi connectivity index (χ0) is 22.1. The van der Waals surface area contributed by atoms with Gasteiger partial charge >= 0.3 is 0 Å². The lowest BCUT2D eigenvalue weighted by Crippen LogP contribution is -2.47. The van der Waals surface area contributed by atoms with Crippen molar-refractivity contribution < 1.29 is 14.0 Å². The Labute approximate surface area is 187 Å². The molecule has 0 spiro atoms. The maximum Gasteiger partial charge on any atom is 0.278 e. The second-order valence-electron chi connectivity index (χ2n) is 8.18. The van der Waals surface area contributed by atoms with E-state index >= 15 is 0 Å². The Morgan fingerprint density at radius 2 is 1.56 bits per heavy atom. The fourth-order valence-electron chi connectivity index (χ4n) is 4.44. The van der Waals surface area contributed by atoms with Crippen LogP contribution in [0.5, 0.6) is 0 Å². The molecule has 3 heterocycles. The average molecular weight is 428 g/mol. The first-order valence-electron chi connectivity index (χ1n) is 10.9. The Balaban J connectivity index is 1.43. The Hall–Kier alpha value is -3.80. The van der Waals surface area contributed by atoms with Gasteiger partial charge in [0, 0.05) is 31.9 Å². The van der Waals surface area contributed by atoms with Crippen LogP contribution in [-0.2, 0) is 16.1 Å². The van der Waals surface area contributed by atoms with Crippen LogP contribution in [0.2, 0.25) is 0 Å². The third-order valence-corrected chi connectivity index (χ3v) is 6.06. The Morgan fingerprint density at radius 3 is 2.25 bits per heavy atom. The van der Waals surface area contributed by atoms with Gasteiger partial charge in [-0.3, -0.25) is 14.5 Å². The normalized spacial score (nSPS) is 17.0. The molecule has 32 heavy (non-hydrogen) atoms. The number of rotatable bonds is 5. The lowest BCUT2D eigenvalue weighted by molar-refractivity contribution is -0.138. The summed E-state index contributed by atoms with van der Waals surface area (Å²) in [5, 5.41) is 0. The summed E-state index contributed by atoms with van der Waals surface area (Å²) in [6.45, 7) is 5.14. The molecular formula is C26H25N3O3. The molecule has 1 saturated heterocycles. The summed E-state index contributed by atoms with van der Waals surface area (Å²) in [6, 6.07) is 21.5. The largest absolute Gasteiger partial charge is 0.467 e. The molecule has 0 bridgehead atoms. The number of carbonyl (C=O) groups is 2. The zero-order valence-corrected chi connectivity index (χ0v) is 18.0. The van der Waals surface area contributed by atoms with Gasteiger partial charge in [-0.05, 0) is 42.3 Å². The number of anilines is 1. The summed E-state index contributed by atoms with van der Waals surface area (Å²) >= 11 is 0. The molecule has 6 heteroatoms. The highest BCUT2D eigenvalue weighted by molar-refractivity contribution is 6.35. The van der Waals surface area contributed by atoms with E-state index in [0.717, 1.165) is 18.7 Å². The first-order chi connectivity index (χ1) is 15.6. The lowest BCUT2D eigenvalue weighted by atomic mass is 10.0. The third kappa shape index (κ3) is 3.68. The van der Waals surface area contributed by atoms with Crippen LogP contribution in [0.1, 0.15) is 16.9 Å². The minimum absolute atomic E-state index is 0.133. The van der Waals surface area contributed by atoms with E-state index in [0.29, 0.717) is 30.1 Å². The predicted molar refractivity (Wildman–Crippen MR) is 123 cm³/mol. The number of aryl methyl sites for hydroxylation is 1. The average Bonchev–Trinajstić information content (AvgIpc) is 3.42. The molecule has 1 aromatic heterocycles. The van der Waals surface area contributed by atoms with Crippen LogP contribution in [0.25, 0.3) is 5.57 Å². The third-order valence-electron chi connectivity index (χ3n) is 6.06. The van der Waals surface area contributed by atoms with Crippen molar-refractivity contribution in [3.63, 3.8) is 0 Å². The van der Waals surface area contributed by atoms with Crippen molar-refractivity contribution in [2.24, 2.45) is 0 Å². The van der Waals surface area contributed by atoms with Crippen LogP contribution >= 0.6 is 0 Å². The van der Waals surface area contributed by atoms with Crippen LogP contribution in [0.4, 0.5) is 5.69 Å². The van der Waals surface area contributed by atoms with Crippen molar-refractivity contribution in [3.05, 3.63) is 95.6 Å². The van der Waals surface area contributed by atoms with Gasteiger partial charge in [0.2, 0.25) is 0 Å². The topological polar surface area (TPSA) is 57.0 Å². The van der Waals surface area contributed by atoms with E-state index in [9.17, 15) is 9.59 Å². The predicted octanol–water partition coefficient (Wildman–Crippen LogP) is 3.69. The number of furan rings is 1. The van der Waals surface area contributed by atoms with Gasteiger partial charge in [-0.15, -0.1) is 0 Å². The first kappa shape index (κ1) is 20.1. The van der Waals surface area contributed by atoms with Gasteiger partial charge in [0.05, 0.1) is 18.4 Å². The molecule has 2 aliphatic heterocycles. The molecule has 0 saturated carbocycles. The minimum Gasteiger partial charge on any atom is -0.467 e. The summed E-state index contributed by atoms with van der Waals surface area (Å²) < 4.78 is 5.40. The molecule has 5 rings (SSSR count). The first-order valence-corrected chi connectivity index (χ1v) is 10.9. The molecule has 6 nitrogen and oxygen atoms in total. The number of amides is 2. The maximum atomic E-state index is 13.5. The van der Waals surface area contributed by atoms with E-state index in [-0.39, 0.29) is 18.4 Å². The molecule has 2 amide bonds. The SMILES string of the molecule is Cc1cccc(N2CCN(C3=C(c4ccccc4)C(=O)N(Cc4ccco4)C3=O)CC2)c1. The van der Waals surface area contributed by atoms with Gasteiger partial charge in [-0.25, -0.2) is 0 Å².